The molecule has 1 atom stereocenters. The Balaban J connectivity index is 1.98. The first-order valence-electron chi connectivity index (χ1n) is 5.67. The summed E-state index contributed by atoms with van der Waals surface area (Å²) in [5.74, 6) is 0. The number of hydrogen-bond donors (Lipinski definition) is 0. The van der Waals surface area contributed by atoms with E-state index in [1.54, 1.807) is 7.11 Å². The molecule has 88 valence electrons. The van der Waals surface area contributed by atoms with Crippen molar-refractivity contribution in [3.05, 3.63) is 66.2 Å². The first kappa shape index (κ1) is 12.4. The van der Waals surface area contributed by atoms with Gasteiger partial charge in [-0.25, -0.2) is 0 Å². The van der Waals surface area contributed by atoms with E-state index in [2.05, 4.69) is 54.6 Å². The maximum atomic E-state index is 5.59. The molecule has 1 nitrogen and oxygen atoms in total. The number of methoxy groups -OCH3 is 1. The van der Waals surface area contributed by atoms with E-state index in [0.717, 1.165) is 6.42 Å². The molecule has 2 heteroatoms. The molecule has 2 rings (SSSR count). The molecule has 0 bridgehead atoms. The van der Waals surface area contributed by atoms with Gasteiger partial charge in [0.25, 0.3) is 0 Å². The van der Waals surface area contributed by atoms with Crippen LogP contribution in [0.5, 0.6) is 0 Å². The van der Waals surface area contributed by atoms with Crippen LogP contribution in [-0.4, -0.2) is 27.1 Å². The van der Waals surface area contributed by atoms with E-state index in [1.807, 2.05) is 6.07 Å². The fourth-order valence-corrected chi connectivity index (χ4v) is 3.71. The first-order chi connectivity index (χ1) is 8.38. The molecule has 0 aromatic heterocycles. The Kier molecular flexibility index (Phi) is 4.81. The molecule has 0 aliphatic carbocycles. The van der Waals surface area contributed by atoms with E-state index in [0.29, 0.717) is 20.0 Å². The number of hydrogen-bond acceptors (Lipinski definition) is 1. The van der Waals surface area contributed by atoms with Gasteiger partial charge < -0.3 is 0 Å². The zero-order chi connectivity index (χ0) is 11.9. The first-order valence-corrected chi connectivity index (χ1v) is 7.51. The van der Waals surface area contributed by atoms with Crippen molar-refractivity contribution >= 4 is 19.4 Å². The predicted octanol–water partition coefficient (Wildman–Crippen LogP) is 2.23. The van der Waals surface area contributed by atoms with Gasteiger partial charge in [-0.05, 0) is 0 Å². The molecule has 0 fully saturated rings. The van der Waals surface area contributed by atoms with Gasteiger partial charge in [-0.1, -0.05) is 0 Å². The molecule has 0 heterocycles. The van der Waals surface area contributed by atoms with Gasteiger partial charge in [0.1, 0.15) is 0 Å². The third kappa shape index (κ3) is 4.01. The Morgan fingerprint density at radius 1 is 0.941 bits per heavy atom. The third-order valence-corrected chi connectivity index (χ3v) is 4.97. The second-order valence-electron chi connectivity index (χ2n) is 3.79. The van der Waals surface area contributed by atoms with Crippen LogP contribution in [-0.2, 0) is 11.2 Å². The van der Waals surface area contributed by atoms with Gasteiger partial charge in [-0.3, -0.25) is 0 Å². The van der Waals surface area contributed by atoms with Crippen molar-refractivity contribution in [3.63, 3.8) is 0 Å². The predicted molar refractivity (Wildman–Crippen MR) is 72.8 cm³/mol. The van der Waals surface area contributed by atoms with Crippen molar-refractivity contribution in [2.75, 3.05) is 7.11 Å². The van der Waals surface area contributed by atoms with Crippen LogP contribution in [0, 0.1) is 0 Å². The van der Waals surface area contributed by atoms with E-state index >= 15 is 0 Å². The Hall–Kier alpha value is -1.08. The molecule has 17 heavy (non-hydrogen) atoms. The second kappa shape index (κ2) is 6.61. The SMILES string of the molecule is COC(Cc1ccccc1)[Se]c1ccccc1. The van der Waals surface area contributed by atoms with E-state index < -0.39 is 0 Å². The molecule has 2 aromatic rings. The molecule has 0 saturated carbocycles. The van der Waals surface area contributed by atoms with Gasteiger partial charge in [0.05, 0.1) is 0 Å². The summed E-state index contributed by atoms with van der Waals surface area (Å²) in [6, 6.07) is 21.1. The summed E-state index contributed by atoms with van der Waals surface area (Å²) in [7, 11) is 1.80. The summed E-state index contributed by atoms with van der Waals surface area (Å²) in [5.41, 5.74) is 1.34. The average Bonchev–Trinajstić information content (AvgIpc) is 2.40. The number of rotatable bonds is 5. The number of benzene rings is 2. The maximum absolute atomic E-state index is 5.59. The fraction of sp³-hybridized carbons (Fsp3) is 0.200. The van der Waals surface area contributed by atoms with Crippen LogP contribution in [0.25, 0.3) is 0 Å². The normalized spacial score (nSPS) is 12.3. The Morgan fingerprint density at radius 2 is 1.53 bits per heavy atom. The van der Waals surface area contributed by atoms with Crippen LogP contribution < -0.4 is 4.46 Å². The molecule has 0 aliphatic rings. The monoisotopic (exact) mass is 292 g/mol. The minimum atomic E-state index is 0.312. The van der Waals surface area contributed by atoms with Gasteiger partial charge in [-0.15, -0.1) is 0 Å². The van der Waals surface area contributed by atoms with Crippen LogP contribution in [0.1, 0.15) is 5.56 Å². The third-order valence-electron chi connectivity index (χ3n) is 2.52. The Bertz CT molecular complexity index is 386. The van der Waals surface area contributed by atoms with Crippen LogP contribution in [0.15, 0.2) is 60.7 Å². The van der Waals surface area contributed by atoms with Crippen LogP contribution in [0.2, 0.25) is 0 Å². The van der Waals surface area contributed by atoms with Crippen molar-refractivity contribution in [2.24, 2.45) is 0 Å². The molecule has 0 saturated heterocycles. The summed E-state index contributed by atoms with van der Waals surface area (Å²) in [6.45, 7) is 0. The quantitative estimate of drug-likeness (QED) is 0.768. The average molecular weight is 291 g/mol. The van der Waals surface area contributed by atoms with Gasteiger partial charge in [-0.2, -0.15) is 0 Å². The standard InChI is InChI=1S/C15H16OSe/c1-16-15(12-13-8-4-2-5-9-13)17-14-10-6-3-7-11-14/h2-11,15H,12H2,1H3. The van der Waals surface area contributed by atoms with Crippen molar-refractivity contribution in [1.29, 1.82) is 0 Å². The molecule has 2 aromatic carbocycles. The Morgan fingerprint density at radius 3 is 2.12 bits per heavy atom. The fourth-order valence-electron chi connectivity index (χ4n) is 1.63. The van der Waals surface area contributed by atoms with E-state index in [4.69, 9.17) is 4.74 Å². The molecule has 0 N–H and O–H groups in total. The van der Waals surface area contributed by atoms with Crippen molar-refractivity contribution in [1.82, 2.24) is 0 Å². The summed E-state index contributed by atoms with van der Waals surface area (Å²) < 4.78 is 6.98. The molecular weight excluding hydrogens is 275 g/mol. The van der Waals surface area contributed by atoms with E-state index in [-0.39, 0.29) is 0 Å². The van der Waals surface area contributed by atoms with Crippen molar-refractivity contribution in [2.45, 2.75) is 11.4 Å². The summed E-state index contributed by atoms with van der Waals surface area (Å²) in [4.78, 5) is 0. The molecule has 0 aliphatic heterocycles. The van der Waals surface area contributed by atoms with E-state index in [9.17, 15) is 0 Å². The molecule has 1 unspecified atom stereocenters. The molecular formula is C15H16OSe. The van der Waals surface area contributed by atoms with Crippen molar-refractivity contribution in [3.8, 4) is 0 Å². The topological polar surface area (TPSA) is 9.23 Å². The zero-order valence-corrected chi connectivity index (χ0v) is 11.6. The van der Waals surface area contributed by atoms with Gasteiger partial charge in [0, 0.05) is 0 Å². The summed E-state index contributed by atoms with van der Waals surface area (Å²) in [5, 5.41) is 0.312. The second-order valence-corrected chi connectivity index (χ2v) is 6.37. The van der Waals surface area contributed by atoms with Gasteiger partial charge >= 0.3 is 109 Å². The van der Waals surface area contributed by atoms with Crippen LogP contribution in [0.4, 0.5) is 0 Å². The zero-order valence-electron chi connectivity index (χ0n) is 9.87. The van der Waals surface area contributed by atoms with Crippen LogP contribution >= 0.6 is 0 Å². The molecule has 0 spiro atoms. The molecule has 0 amide bonds. The van der Waals surface area contributed by atoms with Gasteiger partial charge in [0.2, 0.25) is 0 Å². The van der Waals surface area contributed by atoms with E-state index in [1.165, 1.54) is 10.0 Å². The summed E-state index contributed by atoms with van der Waals surface area (Å²) in [6.07, 6.45) is 0.992. The minimum absolute atomic E-state index is 0.312. The van der Waals surface area contributed by atoms with Crippen LogP contribution in [0.3, 0.4) is 0 Å². The summed E-state index contributed by atoms with van der Waals surface area (Å²) >= 11 is 0.367. The Labute approximate surface area is 109 Å². The van der Waals surface area contributed by atoms with Gasteiger partial charge in [0.15, 0.2) is 0 Å². The molecule has 0 radical (unpaired) electrons. The number of ether oxygens (including phenoxy) is 1. The van der Waals surface area contributed by atoms with Crippen molar-refractivity contribution < 1.29 is 4.74 Å².